The Balaban J connectivity index is 2.50. The van der Waals surface area contributed by atoms with Crippen LogP contribution in [-0.4, -0.2) is 11.8 Å². The van der Waals surface area contributed by atoms with Crippen LogP contribution < -0.4 is 5.73 Å². The zero-order valence-electron chi connectivity index (χ0n) is 8.69. The normalized spacial score (nSPS) is 15.1. The van der Waals surface area contributed by atoms with E-state index in [-0.39, 0.29) is 17.7 Å². The van der Waals surface area contributed by atoms with E-state index < -0.39 is 0 Å². The van der Waals surface area contributed by atoms with Crippen molar-refractivity contribution in [2.75, 3.05) is 0 Å². The molecule has 2 nitrogen and oxygen atoms in total. The van der Waals surface area contributed by atoms with Crippen LogP contribution >= 0.6 is 11.3 Å². The Morgan fingerprint density at radius 1 is 1.64 bits per heavy atom. The van der Waals surface area contributed by atoms with Crippen molar-refractivity contribution in [2.24, 2.45) is 11.7 Å². The summed E-state index contributed by atoms with van der Waals surface area (Å²) in [7, 11) is 0. The van der Waals surface area contributed by atoms with Crippen LogP contribution in [0.1, 0.15) is 25.1 Å². The van der Waals surface area contributed by atoms with Crippen molar-refractivity contribution in [2.45, 2.75) is 32.7 Å². The number of rotatable bonds is 5. The first-order chi connectivity index (χ1) is 6.65. The van der Waals surface area contributed by atoms with Gasteiger partial charge in [0, 0.05) is 11.3 Å². The van der Waals surface area contributed by atoms with Gasteiger partial charge in [-0.05, 0) is 17.4 Å². The Morgan fingerprint density at radius 3 is 2.86 bits per heavy atom. The van der Waals surface area contributed by atoms with E-state index in [4.69, 9.17) is 5.73 Å². The molecule has 0 spiro atoms. The molecule has 0 aliphatic carbocycles. The molecule has 0 fully saturated rings. The van der Waals surface area contributed by atoms with Gasteiger partial charge in [-0.1, -0.05) is 26.3 Å². The third kappa shape index (κ3) is 2.93. The highest BCUT2D eigenvalue weighted by molar-refractivity contribution is 7.10. The SMILES string of the molecule is CCC(C)C(N)C(=O)Cc1cccs1. The van der Waals surface area contributed by atoms with Crippen molar-refractivity contribution in [1.29, 1.82) is 0 Å². The molecular weight excluding hydrogens is 194 g/mol. The highest BCUT2D eigenvalue weighted by Gasteiger charge is 2.19. The number of ketones is 1. The molecule has 1 rings (SSSR count). The van der Waals surface area contributed by atoms with Crippen molar-refractivity contribution in [1.82, 2.24) is 0 Å². The lowest BCUT2D eigenvalue weighted by molar-refractivity contribution is -0.120. The summed E-state index contributed by atoms with van der Waals surface area (Å²) in [4.78, 5) is 12.8. The molecule has 1 heterocycles. The van der Waals surface area contributed by atoms with Gasteiger partial charge < -0.3 is 5.73 Å². The first-order valence-electron chi connectivity index (χ1n) is 4.95. The summed E-state index contributed by atoms with van der Waals surface area (Å²) in [6.45, 7) is 4.08. The van der Waals surface area contributed by atoms with Crippen molar-refractivity contribution >= 4 is 17.1 Å². The molecule has 2 N–H and O–H groups in total. The van der Waals surface area contributed by atoms with E-state index in [0.29, 0.717) is 6.42 Å². The molecule has 0 saturated heterocycles. The van der Waals surface area contributed by atoms with E-state index in [1.165, 1.54) is 0 Å². The van der Waals surface area contributed by atoms with Crippen LogP contribution in [-0.2, 0) is 11.2 Å². The summed E-state index contributed by atoms with van der Waals surface area (Å²) >= 11 is 1.61. The average Bonchev–Trinajstić information content (AvgIpc) is 2.68. The van der Waals surface area contributed by atoms with Crippen LogP contribution in [0.5, 0.6) is 0 Å². The van der Waals surface area contributed by atoms with E-state index in [0.717, 1.165) is 11.3 Å². The van der Waals surface area contributed by atoms with E-state index >= 15 is 0 Å². The summed E-state index contributed by atoms with van der Waals surface area (Å²) in [6, 6.07) is 3.63. The lowest BCUT2D eigenvalue weighted by Crippen LogP contribution is -2.37. The highest BCUT2D eigenvalue weighted by Crippen LogP contribution is 2.13. The summed E-state index contributed by atoms with van der Waals surface area (Å²) in [5, 5.41) is 1.98. The summed E-state index contributed by atoms with van der Waals surface area (Å²) in [5.74, 6) is 0.435. The largest absolute Gasteiger partial charge is 0.321 e. The second kappa shape index (κ2) is 5.27. The molecule has 2 atom stereocenters. The number of thiophene rings is 1. The number of hydrogen-bond donors (Lipinski definition) is 1. The van der Waals surface area contributed by atoms with Gasteiger partial charge >= 0.3 is 0 Å². The molecule has 0 radical (unpaired) electrons. The van der Waals surface area contributed by atoms with Gasteiger partial charge in [-0.15, -0.1) is 11.3 Å². The van der Waals surface area contributed by atoms with Crippen LogP contribution in [0.3, 0.4) is 0 Å². The smallest absolute Gasteiger partial charge is 0.154 e. The topological polar surface area (TPSA) is 43.1 Å². The van der Waals surface area contributed by atoms with Crippen molar-refractivity contribution < 1.29 is 4.79 Å². The zero-order chi connectivity index (χ0) is 10.6. The maximum atomic E-state index is 11.7. The maximum Gasteiger partial charge on any atom is 0.154 e. The highest BCUT2D eigenvalue weighted by atomic mass is 32.1. The Bertz CT molecular complexity index is 281. The monoisotopic (exact) mass is 211 g/mol. The minimum absolute atomic E-state index is 0.154. The Morgan fingerprint density at radius 2 is 2.36 bits per heavy atom. The summed E-state index contributed by atoms with van der Waals surface area (Å²) < 4.78 is 0. The van der Waals surface area contributed by atoms with Crippen LogP contribution in [0.4, 0.5) is 0 Å². The molecule has 0 amide bonds. The number of Topliss-reactive ketones (excluding diaryl/α,β-unsaturated/α-hetero) is 1. The molecule has 0 saturated carbocycles. The first-order valence-corrected chi connectivity index (χ1v) is 5.83. The van der Waals surface area contributed by atoms with Gasteiger partial charge in [-0.2, -0.15) is 0 Å². The van der Waals surface area contributed by atoms with Crippen molar-refractivity contribution in [3.05, 3.63) is 22.4 Å². The molecule has 2 unspecified atom stereocenters. The summed E-state index contributed by atoms with van der Waals surface area (Å²) in [5.41, 5.74) is 5.84. The molecular formula is C11H17NOS. The van der Waals surface area contributed by atoms with Gasteiger partial charge in [0.15, 0.2) is 5.78 Å². The Kier molecular flexibility index (Phi) is 4.29. The van der Waals surface area contributed by atoms with Crippen LogP contribution in [0, 0.1) is 5.92 Å². The summed E-state index contributed by atoms with van der Waals surface area (Å²) in [6.07, 6.45) is 1.44. The fourth-order valence-electron chi connectivity index (χ4n) is 1.27. The lowest BCUT2D eigenvalue weighted by Gasteiger charge is -2.16. The Hall–Kier alpha value is -0.670. The molecule has 78 valence electrons. The van der Waals surface area contributed by atoms with Gasteiger partial charge in [0.2, 0.25) is 0 Å². The lowest BCUT2D eigenvalue weighted by atomic mass is 9.95. The van der Waals surface area contributed by atoms with Gasteiger partial charge in [-0.25, -0.2) is 0 Å². The van der Waals surface area contributed by atoms with E-state index in [9.17, 15) is 4.79 Å². The van der Waals surface area contributed by atoms with Gasteiger partial charge in [0.1, 0.15) is 0 Å². The van der Waals surface area contributed by atoms with Gasteiger partial charge in [0.25, 0.3) is 0 Å². The first kappa shape index (κ1) is 11.4. The van der Waals surface area contributed by atoms with E-state index in [1.54, 1.807) is 11.3 Å². The van der Waals surface area contributed by atoms with Crippen molar-refractivity contribution in [3.63, 3.8) is 0 Å². The minimum atomic E-state index is -0.304. The van der Waals surface area contributed by atoms with Crippen LogP contribution in [0.2, 0.25) is 0 Å². The standard InChI is InChI=1S/C11H17NOS/c1-3-8(2)11(12)10(13)7-9-5-4-6-14-9/h4-6,8,11H,3,7,12H2,1-2H3. The molecule has 1 aromatic rings. The fraction of sp³-hybridized carbons (Fsp3) is 0.545. The molecule has 0 aliphatic heterocycles. The number of carbonyl (C=O) groups excluding carboxylic acids is 1. The minimum Gasteiger partial charge on any atom is -0.321 e. The predicted molar refractivity (Wildman–Crippen MR) is 60.5 cm³/mol. The number of hydrogen-bond acceptors (Lipinski definition) is 3. The second-order valence-corrected chi connectivity index (χ2v) is 4.67. The Labute approximate surface area is 89.1 Å². The third-order valence-corrected chi connectivity index (χ3v) is 3.43. The average molecular weight is 211 g/mol. The number of carbonyl (C=O) groups is 1. The van der Waals surface area contributed by atoms with Crippen LogP contribution in [0.15, 0.2) is 17.5 Å². The molecule has 3 heteroatoms. The number of nitrogens with two attached hydrogens (primary N) is 1. The van der Waals surface area contributed by atoms with Gasteiger partial charge in [-0.3, -0.25) is 4.79 Å². The van der Waals surface area contributed by atoms with E-state index in [1.807, 2.05) is 24.4 Å². The van der Waals surface area contributed by atoms with Crippen molar-refractivity contribution in [3.8, 4) is 0 Å². The quantitative estimate of drug-likeness (QED) is 0.811. The molecule has 0 aromatic carbocycles. The molecule has 0 bridgehead atoms. The van der Waals surface area contributed by atoms with Gasteiger partial charge in [0.05, 0.1) is 6.04 Å². The maximum absolute atomic E-state index is 11.7. The second-order valence-electron chi connectivity index (χ2n) is 3.63. The molecule has 1 aromatic heterocycles. The molecule has 14 heavy (non-hydrogen) atoms. The third-order valence-electron chi connectivity index (χ3n) is 2.56. The zero-order valence-corrected chi connectivity index (χ0v) is 9.51. The van der Waals surface area contributed by atoms with Crippen LogP contribution in [0.25, 0.3) is 0 Å². The fourth-order valence-corrected chi connectivity index (χ4v) is 1.99. The molecule has 0 aliphatic rings. The predicted octanol–water partition coefficient (Wildman–Crippen LogP) is 2.23. The van der Waals surface area contributed by atoms with E-state index in [2.05, 4.69) is 6.92 Å².